The number of aryl methyl sites for hydroxylation is 1. The lowest BCUT2D eigenvalue weighted by Gasteiger charge is -2.08. The third-order valence-corrected chi connectivity index (χ3v) is 3.84. The van der Waals surface area contributed by atoms with Gasteiger partial charge in [0, 0.05) is 22.5 Å². The van der Waals surface area contributed by atoms with Gasteiger partial charge in [-0.05, 0) is 32.0 Å². The molecule has 19 heavy (non-hydrogen) atoms. The summed E-state index contributed by atoms with van der Waals surface area (Å²) in [5.41, 5.74) is 9.61. The molecule has 1 heterocycles. The molecule has 0 aliphatic rings. The highest BCUT2D eigenvalue weighted by molar-refractivity contribution is 7.09. The number of hydrogen-bond donors (Lipinski definition) is 1. The monoisotopic (exact) mass is 276 g/mol. The molecule has 0 fully saturated rings. The van der Waals surface area contributed by atoms with Crippen molar-refractivity contribution in [1.82, 2.24) is 4.98 Å². The van der Waals surface area contributed by atoms with Gasteiger partial charge < -0.3 is 10.5 Å². The molecule has 4 nitrogen and oxygen atoms in total. The predicted octanol–water partition coefficient (Wildman–Crippen LogP) is 2.86. The molecule has 0 aliphatic carbocycles. The fourth-order valence-electron chi connectivity index (χ4n) is 1.76. The second kappa shape index (κ2) is 5.84. The number of anilines is 1. The summed E-state index contributed by atoms with van der Waals surface area (Å²) in [7, 11) is 0. The Hall–Kier alpha value is -1.88. The van der Waals surface area contributed by atoms with Crippen molar-refractivity contribution in [2.75, 3.05) is 12.3 Å². The van der Waals surface area contributed by atoms with E-state index in [4.69, 9.17) is 10.5 Å². The summed E-state index contributed by atoms with van der Waals surface area (Å²) in [6.07, 6.45) is 0.816. The number of nitrogens with two attached hydrogens (primary N) is 1. The van der Waals surface area contributed by atoms with Crippen molar-refractivity contribution in [3.8, 4) is 5.75 Å². The molecule has 0 unspecified atom stereocenters. The van der Waals surface area contributed by atoms with Crippen molar-refractivity contribution in [3.05, 3.63) is 39.8 Å². The van der Waals surface area contributed by atoms with E-state index in [9.17, 15) is 4.79 Å². The van der Waals surface area contributed by atoms with Crippen molar-refractivity contribution in [2.45, 2.75) is 20.3 Å². The lowest BCUT2D eigenvalue weighted by molar-refractivity contribution is 0.101. The fraction of sp³-hybridized carbons (Fsp3) is 0.286. The maximum absolute atomic E-state index is 11.4. The van der Waals surface area contributed by atoms with Gasteiger partial charge in [-0.25, -0.2) is 4.98 Å². The third kappa shape index (κ3) is 3.32. The van der Waals surface area contributed by atoms with E-state index in [1.165, 1.54) is 11.8 Å². The molecule has 2 aromatic rings. The highest BCUT2D eigenvalue weighted by Gasteiger charge is 2.07. The van der Waals surface area contributed by atoms with Crippen molar-refractivity contribution in [1.29, 1.82) is 0 Å². The van der Waals surface area contributed by atoms with Crippen LogP contribution in [0.2, 0.25) is 0 Å². The number of aromatic nitrogens is 1. The lowest BCUT2D eigenvalue weighted by atomic mass is 10.1. The zero-order valence-corrected chi connectivity index (χ0v) is 11.8. The van der Waals surface area contributed by atoms with Gasteiger partial charge in [-0.1, -0.05) is 0 Å². The van der Waals surface area contributed by atoms with Gasteiger partial charge in [0.25, 0.3) is 0 Å². The van der Waals surface area contributed by atoms with Crippen LogP contribution < -0.4 is 10.5 Å². The SMILES string of the molecule is CC(=O)c1cc(OCCc2scnc2C)ccc1N. The number of Topliss-reactive ketones (excluding diaryl/α,β-unsaturated/α-hetero) is 1. The molecule has 1 aromatic heterocycles. The van der Waals surface area contributed by atoms with E-state index in [1.54, 1.807) is 29.5 Å². The maximum Gasteiger partial charge on any atom is 0.162 e. The van der Waals surface area contributed by atoms with Gasteiger partial charge in [0.2, 0.25) is 0 Å². The molecule has 0 saturated heterocycles. The third-order valence-electron chi connectivity index (χ3n) is 2.85. The molecule has 5 heteroatoms. The molecule has 1 aromatic carbocycles. The number of benzene rings is 1. The van der Waals surface area contributed by atoms with E-state index < -0.39 is 0 Å². The minimum Gasteiger partial charge on any atom is -0.493 e. The minimum atomic E-state index is -0.0544. The number of nitrogen functional groups attached to an aromatic ring is 1. The van der Waals surface area contributed by atoms with Gasteiger partial charge in [0.1, 0.15) is 5.75 Å². The Morgan fingerprint density at radius 1 is 1.47 bits per heavy atom. The van der Waals surface area contributed by atoms with Crippen molar-refractivity contribution in [3.63, 3.8) is 0 Å². The Morgan fingerprint density at radius 2 is 2.26 bits per heavy atom. The summed E-state index contributed by atoms with van der Waals surface area (Å²) >= 11 is 1.63. The van der Waals surface area contributed by atoms with E-state index in [1.807, 2.05) is 12.4 Å². The summed E-state index contributed by atoms with van der Waals surface area (Å²) in [6.45, 7) is 4.04. The van der Waals surface area contributed by atoms with Crippen molar-refractivity contribution in [2.24, 2.45) is 0 Å². The van der Waals surface area contributed by atoms with Gasteiger partial charge in [0.05, 0.1) is 17.8 Å². The van der Waals surface area contributed by atoms with E-state index in [2.05, 4.69) is 4.98 Å². The highest BCUT2D eigenvalue weighted by Crippen LogP contribution is 2.21. The van der Waals surface area contributed by atoms with Gasteiger partial charge >= 0.3 is 0 Å². The Labute approximate surface area is 116 Å². The average molecular weight is 276 g/mol. The van der Waals surface area contributed by atoms with Crippen LogP contribution >= 0.6 is 11.3 Å². The van der Waals surface area contributed by atoms with Gasteiger partial charge in [0.15, 0.2) is 5.78 Å². The van der Waals surface area contributed by atoms with Crippen LogP contribution in [0.15, 0.2) is 23.7 Å². The quantitative estimate of drug-likeness (QED) is 0.673. The lowest BCUT2D eigenvalue weighted by Crippen LogP contribution is -2.04. The van der Waals surface area contributed by atoms with Crippen LogP contribution in [0.5, 0.6) is 5.75 Å². The molecule has 0 spiro atoms. The molecule has 0 saturated carbocycles. The number of thiazole rings is 1. The first-order valence-corrected chi connectivity index (χ1v) is 6.88. The number of ether oxygens (including phenoxy) is 1. The molecule has 0 atom stereocenters. The smallest absolute Gasteiger partial charge is 0.162 e. The average Bonchev–Trinajstić information content (AvgIpc) is 2.77. The number of ketones is 1. The molecular formula is C14H16N2O2S. The number of carbonyl (C=O) groups is 1. The molecular weight excluding hydrogens is 260 g/mol. The van der Waals surface area contributed by atoms with Crippen LogP contribution in [-0.4, -0.2) is 17.4 Å². The van der Waals surface area contributed by atoms with Crippen molar-refractivity contribution >= 4 is 22.8 Å². The van der Waals surface area contributed by atoms with E-state index >= 15 is 0 Å². The van der Waals surface area contributed by atoms with Crippen LogP contribution in [0, 0.1) is 6.92 Å². The Kier molecular flexibility index (Phi) is 4.16. The molecule has 2 rings (SSSR count). The Bertz CT molecular complexity index is 593. The number of hydrogen-bond acceptors (Lipinski definition) is 5. The number of nitrogens with zero attached hydrogens (tertiary/aromatic N) is 1. The summed E-state index contributed by atoms with van der Waals surface area (Å²) in [6, 6.07) is 5.17. The summed E-state index contributed by atoms with van der Waals surface area (Å²) in [5, 5.41) is 0. The summed E-state index contributed by atoms with van der Waals surface area (Å²) in [4.78, 5) is 16.8. The van der Waals surface area contributed by atoms with E-state index in [0.29, 0.717) is 23.6 Å². The van der Waals surface area contributed by atoms with Crippen LogP contribution in [0.1, 0.15) is 27.9 Å². The summed E-state index contributed by atoms with van der Waals surface area (Å²) < 4.78 is 5.65. The number of carbonyl (C=O) groups excluding carboxylic acids is 1. The van der Waals surface area contributed by atoms with Gasteiger partial charge in [-0.3, -0.25) is 4.79 Å². The molecule has 0 aliphatic heterocycles. The normalized spacial score (nSPS) is 10.4. The van der Waals surface area contributed by atoms with Gasteiger partial charge in [-0.15, -0.1) is 11.3 Å². The Morgan fingerprint density at radius 3 is 2.89 bits per heavy atom. The second-order valence-electron chi connectivity index (χ2n) is 4.26. The fourth-order valence-corrected chi connectivity index (χ4v) is 2.52. The van der Waals surface area contributed by atoms with E-state index in [-0.39, 0.29) is 5.78 Å². The predicted molar refractivity (Wildman–Crippen MR) is 76.9 cm³/mol. The first kappa shape index (κ1) is 13.5. The molecule has 0 amide bonds. The molecule has 0 bridgehead atoms. The van der Waals surface area contributed by atoms with Crippen LogP contribution in [-0.2, 0) is 6.42 Å². The second-order valence-corrected chi connectivity index (χ2v) is 5.20. The van der Waals surface area contributed by atoms with Crippen molar-refractivity contribution < 1.29 is 9.53 Å². The largest absolute Gasteiger partial charge is 0.493 e. The van der Waals surface area contributed by atoms with Crippen LogP contribution in [0.3, 0.4) is 0 Å². The maximum atomic E-state index is 11.4. The molecule has 0 radical (unpaired) electrons. The first-order chi connectivity index (χ1) is 9.08. The topological polar surface area (TPSA) is 65.2 Å². The standard InChI is InChI=1S/C14H16N2O2S/c1-9-14(19-8-16-9)5-6-18-11-3-4-13(15)12(7-11)10(2)17/h3-4,7-8H,5-6,15H2,1-2H3. The number of rotatable bonds is 5. The summed E-state index contributed by atoms with van der Waals surface area (Å²) in [5.74, 6) is 0.614. The van der Waals surface area contributed by atoms with Gasteiger partial charge in [-0.2, -0.15) is 0 Å². The van der Waals surface area contributed by atoms with Crippen LogP contribution in [0.25, 0.3) is 0 Å². The zero-order valence-electron chi connectivity index (χ0n) is 11.0. The molecule has 100 valence electrons. The minimum absolute atomic E-state index is 0.0544. The van der Waals surface area contributed by atoms with E-state index in [0.717, 1.165) is 12.1 Å². The first-order valence-electron chi connectivity index (χ1n) is 6.00. The Balaban J connectivity index is 1.98. The molecule has 2 N–H and O–H groups in total. The highest BCUT2D eigenvalue weighted by atomic mass is 32.1. The zero-order chi connectivity index (χ0) is 13.8. The van der Waals surface area contributed by atoms with Crippen LogP contribution in [0.4, 0.5) is 5.69 Å².